The molecule has 0 bridgehead atoms. The second-order valence-corrected chi connectivity index (χ2v) is 9.17. The van der Waals surface area contributed by atoms with Gasteiger partial charge in [-0.15, -0.1) is 20.4 Å². The summed E-state index contributed by atoms with van der Waals surface area (Å²) in [6.07, 6.45) is 0. The van der Waals surface area contributed by atoms with Gasteiger partial charge >= 0.3 is 0 Å². The van der Waals surface area contributed by atoms with Crippen molar-refractivity contribution in [3.05, 3.63) is 81.1 Å². The van der Waals surface area contributed by atoms with Crippen LogP contribution in [0.1, 0.15) is 37.3 Å². The maximum absolute atomic E-state index is 12.4. The average molecular weight is 451 g/mol. The van der Waals surface area contributed by atoms with Crippen LogP contribution >= 0.6 is 23.1 Å². The van der Waals surface area contributed by atoms with E-state index in [4.69, 9.17) is 0 Å². The topological polar surface area (TPSA) is 85.6 Å². The third-order valence-electron chi connectivity index (χ3n) is 4.61. The molecule has 9 heteroatoms. The normalized spacial score (nSPS) is 10.9. The Morgan fingerprint density at radius 3 is 2.58 bits per heavy atom. The molecule has 7 nitrogen and oxygen atoms in total. The van der Waals surface area contributed by atoms with Gasteiger partial charge in [0, 0.05) is 12.2 Å². The van der Waals surface area contributed by atoms with Crippen LogP contribution in [0.4, 0.5) is 0 Å². The van der Waals surface area contributed by atoms with Crippen LogP contribution in [0.2, 0.25) is 0 Å². The number of carbonyl (C=O) groups is 1. The summed E-state index contributed by atoms with van der Waals surface area (Å²) in [6, 6.07) is 16.3. The Kier molecular flexibility index (Phi) is 6.43. The van der Waals surface area contributed by atoms with Gasteiger partial charge in [-0.05, 0) is 44.0 Å². The quantitative estimate of drug-likeness (QED) is 0.423. The molecule has 0 unspecified atom stereocenters. The van der Waals surface area contributed by atoms with E-state index in [-0.39, 0.29) is 5.91 Å². The third kappa shape index (κ3) is 5.18. The Hall–Kier alpha value is -3.04. The van der Waals surface area contributed by atoms with Gasteiger partial charge in [-0.2, -0.15) is 0 Å². The molecule has 158 valence electrons. The van der Waals surface area contributed by atoms with E-state index in [9.17, 15) is 4.79 Å². The molecular weight excluding hydrogens is 428 g/mol. The highest BCUT2D eigenvalue weighted by molar-refractivity contribution is 7.98. The number of carbonyl (C=O) groups excluding carboxylic acids is 1. The predicted molar refractivity (Wildman–Crippen MR) is 123 cm³/mol. The molecule has 2 aromatic heterocycles. The number of nitrogens with one attached hydrogen (secondary N) is 1. The first-order valence-electron chi connectivity index (χ1n) is 9.77. The number of rotatable bonds is 7. The summed E-state index contributed by atoms with van der Waals surface area (Å²) < 4.78 is 2.02. The number of thioether (sulfide) groups is 1. The minimum Gasteiger partial charge on any atom is -0.346 e. The van der Waals surface area contributed by atoms with Crippen molar-refractivity contribution in [2.45, 2.75) is 38.2 Å². The maximum atomic E-state index is 12.4. The molecule has 2 aromatic carbocycles. The first-order chi connectivity index (χ1) is 15.0. The lowest BCUT2D eigenvalue weighted by molar-refractivity contribution is 0.0950. The van der Waals surface area contributed by atoms with Crippen LogP contribution in [-0.4, -0.2) is 30.9 Å². The molecule has 0 aliphatic carbocycles. The number of benzene rings is 2. The van der Waals surface area contributed by atoms with Crippen molar-refractivity contribution in [3.63, 3.8) is 0 Å². The molecule has 1 N–H and O–H groups in total. The van der Waals surface area contributed by atoms with E-state index in [1.54, 1.807) is 0 Å². The molecule has 0 radical (unpaired) electrons. The largest absolute Gasteiger partial charge is 0.346 e. The second-order valence-electron chi connectivity index (χ2n) is 7.16. The van der Waals surface area contributed by atoms with Gasteiger partial charge in [0.1, 0.15) is 10.8 Å². The zero-order valence-corrected chi connectivity index (χ0v) is 19.1. The van der Waals surface area contributed by atoms with Crippen LogP contribution in [0, 0.1) is 20.8 Å². The van der Waals surface area contributed by atoms with E-state index >= 15 is 0 Å². The summed E-state index contributed by atoms with van der Waals surface area (Å²) in [6.45, 7) is 6.49. The Morgan fingerprint density at radius 1 is 1.00 bits per heavy atom. The first-order valence-corrected chi connectivity index (χ1v) is 11.6. The zero-order valence-electron chi connectivity index (χ0n) is 17.5. The Labute approximate surface area is 189 Å². The molecule has 2 heterocycles. The fourth-order valence-corrected chi connectivity index (χ4v) is 4.73. The average Bonchev–Trinajstić information content (AvgIpc) is 3.38. The van der Waals surface area contributed by atoms with Crippen LogP contribution in [0.25, 0.3) is 5.69 Å². The SMILES string of the molecule is Cc1ccc(CNC(=O)c2nnc(CSc3nnc(C)n3-c3cccc(C)c3)s2)cc1. The molecule has 4 rings (SSSR count). The van der Waals surface area contributed by atoms with Crippen LogP contribution in [-0.2, 0) is 12.3 Å². The summed E-state index contributed by atoms with van der Waals surface area (Å²) in [4.78, 5) is 12.4. The standard InChI is InChI=1S/C22H22N6OS2/c1-14-7-9-17(10-8-14)12-23-20(29)21-26-25-19(31-21)13-30-22-27-24-16(3)28(22)18-6-4-5-15(2)11-18/h4-11H,12-13H2,1-3H3,(H,23,29). The van der Waals surface area contributed by atoms with Gasteiger partial charge in [0.2, 0.25) is 5.01 Å². The first kappa shape index (κ1) is 21.2. The predicted octanol–water partition coefficient (Wildman–Crippen LogP) is 4.27. The Morgan fingerprint density at radius 2 is 1.81 bits per heavy atom. The molecule has 0 atom stereocenters. The van der Waals surface area contributed by atoms with E-state index in [2.05, 4.69) is 44.8 Å². The minimum absolute atomic E-state index is 0.215. The lowest BCUT2D eigenvalue weighted by Gasteiger charge is -2.08. The zero-order chi connectivity index (χ0) is 21.8. The molecule has 4 aromatic rings. The van der Waals surface area contributed by atoms with E-state index in [1.807, 2.05) is 54.8 Å². The number of aryl methyl sites for hydroxylation is 3. The molecule has 0 aliphatic heterocycles. The fraction of sp³-hybridized carbons (Fsp3) is 0.227. The molecule has 0 saturated heterocycles. The van der Waals surface area contributed by atoms with E-state index in [0.29, 0.717) is 17.3 Å². The van der Waals surface area contributed by atoms with Gasteiger partial charge in [-0.3, -0.25) is 9.36 Å². The third-order valence-corrected chi connectivity index (χ3v) is 6.66. The molecular formula is C22H22N6OS2. The smallest absolute Gasteiger partial charge is 0.282 e. The van der Waals surface area contributed by atoms with Crippen molar-refractivity contribution in [1.29, 1.82) is 0 Å². The summed E-state index contributed by atoms with van der Waals surface area (Å²) in [7, 11) is 0. The van der Waals surface area contributed by atoms with Gasteiger partial charge in [-0.1, -0.05) is 65.1 Å². The van der Waals surface area contributed by atoms with Crippen LogP contribution in [0.3, 0.4) is 0 Å². The Balaban J connectivity index is 1.39. The van der Waals surface area contributed by atoms with Crippen LogP contribution in [0.15, 0.2) is 53.7 Å². The number of nitrogens with zero attached hydrogens (tertiary/aromatic N) is 5. The van der Waals surface area contributed by atoms with Gasteiger partial charge < -0.3 is 5.32 Å². The van der Waals surface area contributed by atoms with E-state index < -0.39 is 0 Å². The van der Waals surface area contributed by atoms with Crippen molar-refractivity contribution < 1.29 is 4.79 Å². The van der Waals surface area contributed by atoms with Crippen LogP contribution < -0.4 is 5.32 Å². The summed E-state index contributed by atoms with van der Waals surface area (Å²) in [5, 5.41) is 21.6. The van der Waals surface area contributed by atoms with E-state index in [0.717, 1.165) is 27.2 Å². The highest BCUT2D eigenvalue weighted by atomic mass is 32.2. The highest BCUT2D eigenvalue weighted by Gasteiger charge is 2.16. The molecule has 0 fully saturated rings. The van der Waals surface area contributed by atoms with Crippen molar-refractivity contribution in [1.82, 2.24) is 30.3 Å². The van der Waals surface area contributed by atoms with Gasteiger partial charge in [0.05, 0.1) is 5.75 Å². The van der Waals surface area contributed by atoms with Gasteiger partial charge in [-0.25, -0.2) is 0 Å². The molecule has 1 amide bonds. The number of amides is 1. The molecule has 0 aliphatic rings. The van der Waals surface area contributed by atoms with Crippen molar-refractivity contribution in [2.75, 3.05) is 0 Å². The lowest BCUT2D eigenvalue weighted by atomic mass is 10.1. The van der Waals surface area contributed by atoms with Crippen molar-refractivity contribution >= 4 is 29.0 Å². The second kappa shape index (κ2) is 9.40. The summed E-state index contributed by atoms with van der Waals surface area (Å²) in [5.41, 5.74) is 4.44. The lowest BCUT2D eigenvalue weighted by Crippen LogP contribution is -2.22. The highest BCUT2D eigenvalue weighted by Crippen LogP contribution is 2.26. The molecule has 31 heavy (non-hydrogen) atoms. The van der Waals surface area contributed by atoms with Gasteiger partial charge in [0.15, 0.2) is 5.16 Å². The van der Waals surface area contributed by atoms with E-state index in [1.165, 1.54) is 34.2 Å². The van der Waals surface area contributed by atoms with Crippen molar-refractivity contribution in [3.8, 4) is 5.69 Å². The molecule has 0 spiro atoms. The Bertz CT molecular complexity index is 1200. The fourth-order valence-electron chi connectivity index (χ4n) is 2.99. The summed E-state index contributed by atoms with van der Waals surface area (Å²) >= 11 is 2.82. The number of aromatic nitrogens is 5. The number of hydrogen-bond acceptors (Lipinski definition) is 7. The van der Waals surface area contributed by atoms with Crippen LogP contribution in [0.5, 0.6) is 0 Å². The number of hydrogen-bond donors (Lipinski definition) is 1. The van der Waals surface area contributed by atoms with Crippen molar-refractivity contribution in [2.24, 2.45) is 0 Å². The maximum Gasteiger partial charge on any atom is 0.282 e. The monoisotopic (exact) mass is 450 g/mol. The minimum atomic E-state index is -0.215. The molecule has 0 saturated carbocycles. The summed E-state index contributed by atoms with van der Waals surface area (Å²) in [5.74, 6) is 1.17. The van der Waals surface area contributed by atoms with Gasteiger partial charge in [0.25, 0.3) is 5.91 Å².